The van der Waals surface area contributed by atoms with Gasteiger partial charge in [0.15, 0.2) is 0 Å². The monoisotopic (exact) mass is 292 g/mol. The second-order valence-corrected chi connectivity index (χ2v) is 7.81. The van der Waals surface area contributed by atoms with Crippen LogP contribution in [0, 0.1) is 0 Å². The number of hydrogen-bond acceptors (Lipinski definition) is 1. The van der Waals surface area contributed by atoms with Crippen molar-refractivity contribution in [3.05, 3.63) is 91.0 Å². The number of hydrogen-bond donors (Lipinski definition) is 1. The van der Waals surface area contributed by atoms with E-state index in [2.05, 4.69) is 41.3 Å². The van der Waals surface area contributed by atoms with E-state index in [4.69, 9.17) is 5.84 Å². The van der Waals surface area contributed by atoms with Crippen molar-refractivity contribution in [3.8, 4) is 0 Å². The molecule has 0 radical (unpaired) electrons. The van der Waals surface area contributed by atoms with E-state index in [1.54, 1.807) is 0 Å². The first kappa shape index (κ1) is 13.8. The predicted molar refractivity (Wildman–Crippen MR) is 91.8 cm³/mol. The average molecular weight is 292 g/mol. The SMILES string of the molecule is NN=P(c1ccccc1)(c1ccccc1)c1ccccc1. The summed E-state index contributed by atoms with van der Waals surface area (Å²) in [7, 11) is -2.13. The minimum Gasteiger partial charge on any atom is -0.228 e. The van der Waals surface area contributed by atoms with Gasteiger partial charge in [-0.25, -0.2) is 10.7 Å². The van der Waals surface area contributed by atoms with Crippen LogP contribution in [0.3, 0.4) is 0 Å². The molecule has 3 rings (SSSR count). The number of nitrogens with two attached hydrogens (primary N) is 1. The van der Waals surface area contributed by atoms with Crippen LogP contribution in [0.15, 0.2) is 95.8 Å². The van der Waals surface area contributed by atoms with Gasteiger partial charge in [-0.3, -0.25) is 0 Å². The quantitative estimate of drug-likeness (QED) is 0.450. The molecule has 0 saturated heterocycles. The van der Waals surface area contributed by atoms with Gasteiger partial charge in [0, 0.05) is 15.9 Å². The minimum absolute atomic E-state index is 1.17. The lowest BCUT2D eigenvalue weighted by atomic mass is 10.4. The first-order valence-corrected chi connectivity index (χ1v) is 8.60. The third kappa shape index (κ3) is 2.44. The molecule has 0 amide bonds. The van der Waals surface area contributed by atoms with Gasteiger partial charge in [0.2, 0.25) is 0 Å². The molecule has 0 bridgehead atoms. The van der Waals surface area contributed by atoms with Gasteiger partial charge in [0.1, 0.15) is 0 Å². The van der Waals surface area contributed by atoms with Crippen molar-refractivity contribution in [1.82, 2.24) is 0 Å². The van der Waals surface area contributed by atoms with Crippen LogP contribution in [0.5, 0.6) is 0 Å². The Labute approximate surface area is 125 Å². The maximum atomic E-state index is 5.98. The number of rotatable bonds is 3. The molecule has 0 atom stereocenters. The summed E-state index contributed by atoms with van der Waals surface area (Å²) in [4.78, 5) is 4.44. The first-order chi connectivity index (χ1) is 10.4. The van der Waals surface area contributed by atoms with Crippen molar-refractivity contribution in [2.75, 3.05) is 0 Å². The van der Waals surface area contributed by atoms with Gasteiger partial charge in [-0.15, -0.1) is 0 Å². The fourth-order valence-corrected chi connectivity index (χ4v) is 5.68. The standard InChI is InChI=1S/C18H17N2P/c19-20-21(16-10-4-1-5-11-16,17-12-6-2-7-13-17)18-14-8-3-9-15-18/h1-15H,19H2. The molecule has 0 aromatic heterocycles. The molecule has 3 aromatic carbocycles. The Bertz CT molecular complexity index is 650. The maximum absolute atomic E-state index is 5.98. The molecular formula is C18H17N2P. The van der Waals surface area contributed by atoms with Crippen molar-refractivity contribution < 1.29 is 0 Å². The van der Waals surface area contributed by atoms with Gasteiger partial charge in [-0.05, 0) is 0 Å². The van der Waals surface area contributed by atoms with E-state index in [9.17, 15) is 0 Å². The van der Waals surface area contributed by atoms with Crippen molar-refractivity contribution in [3.63, 3.8) is 0 Å². The molecule has 0 aliphatic rings. The highest BCUT2D eigenvalue weighted by Crippen LogP contribution is 2.44. The zero-order valence-electron chi connectivity index (χ0n) is 11.6. The van der Waals surface area contributed by atoms with Crippen LogP contribution in [-0.2, 0) is 0 Å². The Hall–Kier alpha value is -2.15. The molecule has 0 saturated carbocycles. The highest BCUT2D eigenvalue weighted by Gasteiger charge is 2.26. The van der Waals surface area contributed by atoms with E-state index in [0.29, 0.717) is 0 Å². The minimum atomic E-state index is -2.13. The van der Waals surface area contributed by atoms with Crippen LogP contribution in [0.4, 0.5) is 0 Å². The zero-order chi connectivity index (χ0) is 14.5. The van der Waals surface area contributed by atoms with E-state index in [1.165, 1.54) is 15.9 Å². The molecule has 2 nitrogen and oxygen atoms in total. The molecule has 0 heterocycles. The molecule has 0 fully saturated rings. The van der Waals surface area contributed by atoms with Crippen LogP contribution < -0.4 is 21.8 Å². The van der Waals surface area contributed by atoms with E-state index in [1.807, 2.05) is 54.6 Å². The largest absolute Gasteiger partial charge is 0.228 e. The fourth-order valence-electron chi connectivity index (χ4n) is 2.58. The molecule has 3 aromatic rings. The van der Waals surface area contributed by atoms with Crippen LogP contribution in [0.2, 0.25) is 0 Å². The molecule has 0 aliphatic heterocycles. The van der Waals surface area contributed by atoms with Crippen LogP contribution in [0.25, 0.3) is 0 Å². The van der Waals surface area contributed by atoms with Crippen molar-refractivity contribution >= 4 is 23.0 Å². The van der Waals surface area contributed by atoms with Crippen LogP contribution >= 0.6 is 7.05 Å². The Balaban J connectivity index is 2.35. The molecule has 0 unspecified atom stereocenters. The predicted octanol–water partition coefficient (Wildman–Crippen LogP) is 3.04. The second-order valence-electron chi connectivity index (χ2n) is 4.76. The van der Waals surface area contributed by atoms with Gasteiger partial charge in [-0.1, -0.05) is 91.0 Å². The van der Waals surface area contributed by atoms with E-state index >= 15 is 0 Å². The molecule has 0 aliphatic carbocycles. The summed E-state index contributed by atoms with van der Waals surface area (Å²) in [6.07, 6.45) is 0. The summed E-state index contributed by atoms with van der Waals surface area (Å²) in [5.41, 5.74) is 0. The summed E-state index contributed by atoms with van der Waals surface area (Å²) < 4.78 is 0. The summed E-state index contributed by atoms with van der Waals surface area (Å²) in [5.74, 6) is 5.98. The Morgan fingerprint density at radius 1 is 0.524 bits per heavy atom. The molecule has 0 spiro atoms. The van der Waals surface area contributed by atoms with Gasteiger partial charge >= 0.3 is 0 Å². The third-order valence-corrected chi connectivity index (χ3v) is 7.05. The van der Waals surface area contributed by atoms with Gasteiger partial charge in [-0.2, -0.15) is 0 Å². The van der Waals surface area contributed by atoms with Crippen molar-refractivity contribution in [2.45, 2.75) is 0 Å². The maximum Gasteiger partial charge on any atom is 0.0748 e. The normalized spacial score (nSPS) is 11.1. The smallest absolute Gasteiger partial charge is 0.0748 e. The lowest BCUT2D eigenvalue weighted by molar-refractivity contribution is 1.28. The summed E-state index contributed by atoms with van der Waals surface area (Å²) in [5, 5.41) is 3.51. The Morgan fingerprint density at radius 3 is 1.05 bits per heavy atom. The number of benzene rings is 3. The van der Waals surface area contributed by atoms with Gasteiger partial charge in [0.25, 0.3) is 0 Å². The summed E-state index contributed by atoms with van der Waals surface area (Å²) in [6, 6.07) is 31.0. The van der Waals surface area contributed by atoms with Gasteiger partial charge in [0.05, 0.1) is 7.05 Å². The molecule has 21 heavy (non-hydrogen) atoms. The Morgan fingerprint density at radius 2 is 0.810 bits per heavy atom. The molecule has 3 heteroatoms. The highest BCUT2D eigenvalue weighted by atomic mass is 31.2. The first-order valence-electron chi connectivity index (χ1n) is 6.86. The lowest BCUT2D eigenvalue weighted by Crippen LogP contribution is -2.26. The number of nitrogens with zero attached hydrogens (tertiary/aromatic N) is 1. The van der Waals surface area contributed by atoms with E-state index < -0.39 is 7.05 Å². The van der Waals surface area contributed by atoms with E-state index in [-0.39, 0.29) is 0 Å². The molecular weight excluding hydrogens is 275 g/mol. The Kier molecular flexibility index (Phi) is 4.01. The molecule has 104 valence electrons. The fraction of sp³-hybridized carbons (Fsp3) is 0. The second kappa shape index (κ2) is 6.09. The van der Waals surface area contributed by atoms with E-state index in [0.717, 1.165) is 0 Å². The van der Waals surface area contributed by atoms with Crippen molar-refractivity contribution in [2.24, 2.45) is 10.7 Å². The van der Waals surface area contributed by atoms with Crippen LogP contribution in [-0.4, -0.2) is 0 Å². The summed E-state index contributed by atoms with van der Waals surface area (Å²) in [6.45, 7) is 0. The zero-order valence-corrected chi connectivity index (χ0v) is 12.5. The van der Waals surface area contributed by atoms with Gasteiger partial charge < -0.3 is 0 Å². The lowest BCUT2D eigenvalue weighted by Gasteiger charge is -2.25. The topological polar surface area (TPSA) is 38.4 Å². The molecule has 2 N–H and O–H groups in total. The highest BCUT2D eigenvalue weighted by molar-refractivity contribution is 7.87. The van der Waals surface area contributed by atoms with Crippen molar-refractivity contribution in [1.29, 1.82) is 0 Å². The van der Waals surface area contributed by atoms with Crippen LogP contribution in [0.1, 0.15) is 0 Å². The third-order valence-electron chi connectivity index (χ3n) is 3.56. The average Bonchev–Trinajstić information content (AvgIpc) is 2.59. The summed E-state index contributed by atoms with van der Waals surface area (Å²) >= 11 is 0.